The van der Waals surface area contributed by atoms with Crippen molar-refractivity contribution in [2.24, 2.45) is 0 Å². The summed E-state index contributed by atoms with van der Waals surface area (Å²) >= 11 is 6.22. The molecule has 1 aliphatic heterocycles. The van der Waals surface area contributed by atoms with Gasteiger partial charge in [-0.05, 0) is 43.5 Å². The van der Waals surface area contributed by atoms with Gasteiger partial charge in [-0.3, -0.25) is 4.79 Å². The van der Waals surface area contributed by atoms with Crippen LogP contribution in [0.3, 0.4) is 0 Å². The number of rotatable bonds is 4. The third-order valence-electron chi connectivity index (χ3n) is 4.12. The minimum absolute atomic E-state index is 0.0466. The van der Waals surface area contributed by atoms with Crippen LogP contribution in [0.1, 0.15) is 28.0 Å². The topological polar surface area (TPSA) is 101 Å². The fraction of sp³-hybridized carbons (Fsp3) is 0.353. The van der Waals surface area contributed by atoms with Crippen molar-refractivity contribution in [3.8, 4) is 0 Å². The molecular weight excluding hydrogens is 376 g/mol. The monoisotopic (exact) mass is 394 g/mol. The maximum Gasteiger partial charge on any atom is 0.274 e. The molecule has 3 rings (SSSR count). The Bertz CT molecular complexity index is 939. The van der Waals surface area contributed by atoms with E-state index in [2.05, 4.69) is 20.6 Å². The lowest BCUT2D eigenvalue weighted by Crippen LogP contribution is -2.23. The number of halogens is 1. The first-order chi connectivity index (χ1) is 12.2. The molecule has 1 atom stereocenters. The summed E-state index contributed by atoms with van der Waals surface area (Å²) in [6.07, 6.45) is 1.96. The van der Waals surface area contributed by atoms with Crippen LogP contribution in [0.5, 0.6) is 0 Å². The molecule has 1 aliphatic rings. The minimum Gasteiger partial charge on any atom is -0.350 e. The molecule has 1 fully saturated rings. The molecular formula is C17H19ClN4O3S. The van der Waals surface area contributed by atoms with E-state index in [1.807, 2.05) is 19.9 Å². The summed E-state index contributed by atoms with van der Waals surface area (Å²) in [5, 5.41) is 6.21. The van der Waals surface area contributed by atoms with Gasteiger partial charge in [-0.1, -0.05) is 17.7 Å². The molecule has 1 saturated heterocycles. The van der Waals surface area contributed by atoms with E-state index in [-0.39, 0.29) is 29.2 Å². The normalized spacial score (nSPS) is 18.5. The second kappa shape index (κ2) is 7.20. The van der Waals surface area contributed by atoms with Gasteiger partial charge in [0.25, 0.3) is 5.91 Å². The van der Waals surface area contributed by atoms with Crippen LogP contribution in [-0.2, 0) is 9.84 Å². The first-order valence-electron chi connectivity index (χ1n) is 8.11. The van der Waals surface area contributed by atoms with Crippen molar-refractivity contribution in [3.05, 3.63) is 46.2 Å². The van der Waals surface area contributed by atoms with Crippen molar-refractivity contribution in [2.75, 3.05) is 22.1 Å². The largest absolute Gasteiger partial charge is 0.350 e. The van der Waals surface area contributed by atoms with E-state index < -0.39 is 15.7 Å². The van der Waals surface area contributed by atoms with Crippen LogP contribution in [-0.4, -0.2) is 41.8 Å². The molecule has 1 unspecified atom stereocenters. The number of sulfone groups is 1. The van der Waals surface area contributed by atoms with Gasteiger partial charge in [-0.25, -0.2) is 18.4 Å². The lowest BCUT2D eigenvalue weighted by Gasteiger charge is -2.13. The highest BCUT2D eigenvalue weighted by Gasteiger charge is 2.28. The molecule has 138 valence electrons. The van der Waals surface area contributed by atoms with Gasteiger partial charge in [0.2, 0.25) is 5.95 Å². The second-order valence-electron chi connectivity index (χ2n) is 6.40. The van der Waals surface area contributed by atoms with Gasteiger partial charge in [-0.15, -0.1) is 0 Å². The number of carbonyl (C=O) groups is 1. The molecule has 1 amide bonds. The van der Waals surface area contributed by atoms with Crippen molar-refractivity contribution < 1.29 is 13.2 Å². The average Bonchev–Trinajstić information content (AvgIpc) is 2.89. The Morgan fingerprint density at radius 2 is 2.08 bits per heavy atom. The molecule has 0 aliphatic carbocycles. The van der Waals surface area contributed by atoms with Crippen molar-refractivity contribution >= 4 is 39.0 Å². The molecule has 26 heavy (non-hydrogen) atoms. The molecule has 9 heteroatoms. The molecule has 2 heterocycles. The molecule has 0 spiro atoms. The molecule has 0 bridgehead atoms. The zero-order chi connectivity index (χ0) is 18.9. The van der Waals surface area contributed by atoms with Gasteiger partial charge >= 0.3 is 0 Å². The summed E-state index contributed by atoms with van der Waals surface area (Å²) in [4.78, 5) is 20.8. The number of anilines is 2. The predicted octanol–water partition coefficient (Wildman–Crippen LogP) is 2.60. The number of benzene rings is 1. The molecule has 1 aromatic heterocycles. The number of nitrogens with one attached hydrogen (secondary N) is 2. The minimum atomic E-state index is -3.01. The van der Waals surface area contributed by atoms with Gasteiger partial charge < -0.3 is 10.6 Å². The Morgan fingerprint density at radius 1 is 1.31 bits per heavy atom. The van der Waals surface area contributed by atoms with Crippen molar-refractivity contribution in [3.63, 3.8) is 0 Å². The molecule has 7 nitrogen and oxygen atoms in total. The zero-order valence-electron chi connectivity index (χ0n) is 14.4. The fourth-order valence-electron chi connectivity index (χ4n) is 2.90. The number of nitrogens with zero attached hydrogens (tertiary/aromatic N) is 2. The van der Waals surface area contributed by atoms with Gasteiger partial charge in [-0.2, -0.15) is 0 Å². The number of aryl methyl sites for hydroxylation is 2. The van der Waals surface area contributed by atoms with E-state index >= 15 is 0 Å². The predicted molar refractivity (Wildman–Crippen MR) is 102 cm³/mol. The summed E-state index contributed by atoms with van der Waals surface area (Å²) in [6, 6.07) is 4.95. The third kappa shape index (κ3) is 4.31. The lowest BCUT2D eigenvalue weighted by molar-refractivity contribution is 0.102. The Morgan fingerprint density at radius 3 is 2.73 bits per heavy atom. The van der Waals surface area contributed by atoms with Crippen LogP contribution in [0.15, 0.2) is 24.4 Å². The zero-order valence-corrected chi connectivity index (χ0v) is 16.0. The van der Waals surface area contributed by atoms with E-state index in [0.717, 1.165) is 11.1 Å². The van der Waals surface area contributed by atoms with Crippen LogP contribution >= 0.6 is 11.6 Å². The molecule has 1 aromatic carbocycles. The molecule has 0 radical (unpaired) electrons. The van der Waals surface area contributed by atoms with E-state index in [0.29, 0.717) is 17.1 Å². The summed E-state index contributed by atoms with van der Waals surface area (Å²) < 4.78 is 23.1. The summed E-state index contributed by atoms with van der Waals surface area (Å²) in [7, 11) is -3.01. The molecule has 0 saturated carbocycles. The highest BCUT2D eigenvalue weighted by atomic mass is 35.5. The first-order valence-corrected chi connectivity index (χ1v) is 10.3. The number of amides is 1. The lowest BCUT2D eigenvalue weighted by atomic mass is 10.1. The molecule has 2 N–H and O–H groups in total. The summed E-state index contributed by atoms with van der Waals surface area (Å²) in [5.41, 5.74) is 2.56. The van der Waals surface area contributed by atoms with Gasteiger partial charge in [0.05, 0.1) is 22.2 Å². The van der Waals surface area contributed by atoms with Crippen LogP contribution in [0, 0.1) is 13.8 Å². The first kappa shape index (κ1) is 18.6. The highest BCUT2D eigenvalue weighted by molar-refractivity contribution is 7.91. The maximum absolute atomic E-state index is 12.5. The van der Waals surface area contributed by atoms with Gasteiger partial charge in [0, 0.05) is 12.2 Å². The van der Waals surface area contributed by atoms with E-state index in [1.165, 1.54) is 12.3 Å². The highest BCUT2D eigenvalue weighted by Crippen LogP contribution is 2.27. The van der Waals surface area contributed by atoms with E-state index in [4.69, 9.17) is 11.6 Å². The van der Waals surface area contributed by atoms with Crippen molar-refractivity contribution in [1.29, 1.82) is 0 Å². The molecule has 2 aromatic rings. The number of hydrogen-bond donors (Lipinski definition) is 2. The Labute approximate surface area is 157 Å². The number of hydrogen-bond acceptors (Lipinski definition) is 6. The smallest absolute Gasteiger partial charge is 0.274 e. The fourth-order valence-corrected chi connectivity index (χ4v) is 4.94. The number of aromatic nitrogens is 2. The third-order valence-corrected chi connectivity index (χ3v) is 6.19. The van der Waals surface area contributed by atoms with Gasteiger partial charge in [0.15, 0.2) is 9.84 Å². The Balaban J connectivity index is 1.75. The van der Waals surface area contributed by atoms with E-state index in [1.54, 1.807) is 6.07 Å². The van der Waals surface area contributed by atoms with Crippen molar-refractivity contribution in [2.45, 2.75) is 26.3 Å². The average molecular weight is 395 g/mol. The summed E-state index contributed by atoms with van der Waals surface area (Å²) in [6.45, 7) is 3.79. The van der Waals surface area contributed by atoms with Gasteiger partial charge in [0.1, 0.15) is 5.69 Å². The van der Waals surface area contributed by atoms with Crippen LogP contribution in [0.4, 0.5) is 11.6 Å². The van der Waals surface area contributed by atoms with Crippen LogP contribution in [0.25, 0.3) is 0 Å². The van der Waals surface area contributed by atoms with Crippen molar-refractivity contribution in [1.82, 2.24) is 9.97 Å². The van der Waals surface area contributed by atoms with Crippen LogP contribution < -0.4 is 10.6 Å². The number of carbonyl (C=O) groups excluding carboxylic acids is 1. The second-order valence-corrected chi connectivity index (χ2v) is 9.04. The van der Waals surface area contributed by atoms with E-state index in [9.17, 15) is 13.2 Å². The Hall–Kier alpha value is -2.19. The summed E-state index contributed by atoms with van der Waals surface area (Å²) in [5.74, 6) is 0.0101. The standard InChI is InChI=1S/C17H19ClN4O3S/c1-10-7-11(2)15(13(18)8-10)22-16(23)14-3-5-19-17(21-14)20-12-4-6-26(24,25)9-12/h3,5,7-8,12H,4,6,9H2,1-2H3,(H,22,23)(H,19,20,21). The van der Waals surface area contributed by atoms with Crippen LogP contribution in [0.2, 0.25) is 5.02 Å². The Kier molecular flexibility index (Phi) is 5.15. The quantitative estimate of drug-likeness (QED) is 0.826. The SMILES string of the molecule is Cc1cc(C)c(NC(=O)c2ccnc(NC3CCS(=O)(=O)C3)n2)c(Cl)c1. The maximum atomic E-state index is 12.5.